The van der Waals surface area contributed by atoms with Crippen molar-refractivity contribution >= 4 is 28.4 Å². The number of aromatic amines is 1. The van der Waals surface area contributed by atoms with Crippen molar-refractivity contribution in [1.82, 2.24) is 28.9 Å². The van der Waals surface area contributed by atoms with E-state index < -0.39 is 22.7 Å². The lowest BCUT2D eigenvalue weighted by atomic mass is 10.2. The second-order valence-corrected chi connectivity index (χ2v) is 8.07. The molecule has 3 N–H and O–H groups in total. The molecule has 0 unspecified atom stereocenters. The Balaban J connectivity index is 2.04. The van der Waals surface area contributed by atoms with Crippen molar-refractivity contribution in [1.29, 1.82) is 0 Å². The average molecular weight is 460 g/mol. The summed E-state index contributed by atoms with van der Waals surface area (Å²) in [5, 5.41) is 4.28. The van der Waals surface area contributed by atoms with Crippen LogP contribution in [0.2, 0.25) is 0 Å². The summed E-state index contributed by atoms with van der Waals surface area (Å²) in [6.45, 7) is 4.09. The van der Waals surface area contributed by atoms with E-state index in [4.69, 9.17) is 10.5 Å². The van der Waals surface area contributed by atoms with Gasteiger partial charge in [-0.2, -0.15) is 5.10 Å². The normalized spacial score (nSPS) is 11.4. The van der Waals surface area contributed by atoms with Gasteiger partial charge in [0, 0.05) is 33.9 Å². The van der Waals surface area contributed by atoms with E-state index in [-0.39, 0.29) is 42.4 Å². The molecule has 0 radical (unpaired) electrons. The first-order valence-corrected chi connectivity index (χ1v) is 10.4. The minimum atomic E-state index is -0.781. The lowest BCUT2D eigenvalue weighted by Crippen LogP contribution is -2.44. The number of anilines is 2. The molecular formula is C20H28N8O5. The van der Waals surface area contributed by atoms with E-state index >= 15 is 0 Å². The average Bonchev–Trinajstić information content (AvgIpc) is 3.13. The lowest BCUT2D eigenvalue weighted by molar-refractivity contribution is -0.119. The van der Waals surface area contributed by atoms with Gasteiger partial charge in [-0.15, -0.1) is 0 Å². The predicted octanol–water partition coefficient (Wildman–Crippen LogP) is -0.712. The van der Waals surface area contributed by atoms with E-state index in [1.54, 1.807) is 7.05 Å². The number of fused-ring (bicyclic) bond motifs is 1. The molecule has 0 saturated carbocycles. The van der Waals surface area contributed by atoms with Gasteiger partial charge < -0.3 is 15.4 Å². The Labute approximate surface area is 188 Å². The Morgan fingerprint density at radius 2 is 2.03 bits per heavy atom. The van der Waals surface area contributed by atoms with Crippen LogP contribution in [0.4, 0.5) is 11.5 Å². The van der Waals surface area contributed by atoms with Crippen LogP contribution in [0.25, 0.3) is 11.0 Å². The van der Waals surface area contributed by atoms with Crippen molar-refractivity contribution < 1.29 is 9.53 Å². The van der Waals surface area contributed by atoms with E-state index in [2.05, 4.69) is 15.1 Å². The van der Waals surface area contributed by atoms with Crippen LogP contribution in [0.1, 0.15) is 20.3 Å². The first-order chi connectivity index (χ1) is 15.6. The van der Waals surface area contributed by atoms with Gasteiger partial charge in [0.05, 0.1) is 6.20 Å². The Hall–Kier alpha value is -3.74. The number of rotatable bonds is 9. The molecule has 178 valence electrons. The fourth-order valence-electron chi connectivity index (χ4n) is 3.52. The monoisotopic (exact) mass is 460 g/mol. The van der Waals surface area contributed by atoms with Crippen molar-refractivity contribution in [2.75, 3.05) is 30.9 Å². The van der Waals surface area contributed by atoms with Crippen LogP contribution in [-0.2, 0) is 29.7 Å². The molecule has 3 heterocycles. The Morgan fingerprint density at radius 1 is 1.30 bits per heavy atom. The van der Waals surface area contributed by atoms with E-state index in [0.29, 0.717) is 18.7 Å². The number of nitrogen functional groups attached to an aromatic ring is 1. The molecule has 0 bridgehead atoms. The molecule has 13 nitrogen and oxygen atoms in total. The van der Waals surface area contributed by atoms with E-state index in [1.165, 1.54) is 33.8 Å². The quantitative estimate of drug-likeness (QED) is 0.395. The number of hydrogen-bond donors (Lipinski definition) is 2. The predicted molar refractivity (Wildman–Crippen MR) is 122 cm³/mol. The Kier molecular flexibility index (Phi) is 7.11. The number of nitrogens with zero attached hydrogens (tertiary/aromatic N) is 6. The van der Waals surface area contributed by atoms with Crippen molar-refractivity contribution in [3.63, 3.8) is 0 Å². The number of nitrogens with one attached hydrogen (secondary N) is 1. The van der Waals surface area contributed by atoms with Gasteiger partial charge >= 0.3 is 5.69 Å². The van der Waals surface area contributed by atoms with Gasteiger partial charge in [0.15, 0.2) is 11.3 Å². The number of carbonyl (C=O) groups excluding carboxylic acids is 1. The van der Waals surface area contributed by atoms with E-state index in [1.807, 2.05) is 13.8 Å². The second kappa shape index (κ2) is 9.81. The van der Waals surface area contributed by atoms with Crippen LogP contribution in [0.15, 0.2) is 26.9 Å². The minimum absolute atomic E-state index is 0.0669. The highest BCUT2D eigenvalue weighted by atomic mass is 16.5. The highest BCUT2D eigenvalue weighted by Gasteiger charge is 2.25. The summed E-state index contributed by atoms with van der Waals surface area (Å²) in [6.07, 6.45) is 3.04. The second-order valence-electron chi connectivity index (χ2n) is 8.07. The maximum Gasteiger partial charge on any atom is 0.330 e. The molecule has 3 aromatic rings. The van der Waals surface area contributed by atoms with Crippen molar-refractivity contribution in [2.24, 2.45) is 13.0 Å². The third-order valence-corrected chi connectivity index (χ3v) is 5.09. The Morgan fingerprint density at radius 3 is 2.70 bits per heavy atom. The number of amides is 1. The number of ether oxygens (including phenoxy) is 1. The molecule has 33 heavy (non-hydrogen) atoms. The molecule has 0 atom stereocenters. The Bertz CT molecular complexity index is 1330. The smallest absolute Gasteiger partial charge is 0.330 e. The molecule has 1 amide bonds. The third-order valence-electron chi connectivity index (χ3n) is 5.09. The number of carbonyl (C=O) groups is 1. The number of aromatic nitrogens is 6. The van der Waals surface area contributed by atoms with Gasteiger partial charge in [-0.1, -0.05) is 13.8 Å². The summed E-state index contributed by atoms with van der Waals surface area (Å²) in [7, 11) is 3.17. The molecule has 0 spiro atoms. The lowest BCUT2D eigenvalue weighted by Gasteiger charge is -2.25. The number of aryl methyl sites for hydroxylation is 1. The molecule has 0 fully saturated rings. The number of nitrogens with two attached hydrogens (primary N) is 1. The van der Waals surface area contributed by atoms with Crippen LogP contribution in [-0.4, -0.2) is 55.1 Å². The first kappa shape index (κ1) is 23.9. The molecule has 0 aromatic carbocycles. The highest BCUT2D eigenvalue weighted by molar-refractivity contribution is 5.95. The van der Waals surface area contributed by atoms with E-state index in [9.17, 15) is 19.2 Å². The molecular weight excluding hydrogens is 432 g/mol. The van der Waals surface area contributed by atoms with Crippen molar-refractivity contribution in [2.45, 2.75) is 33.4 Å². The van der Waals surface area contributed by atoms with Gasteiger partial charge in [-0.05, 0) is 12.3 Å². The summed E-state index contributed by atoms with van der Waals surface area (Å²) in [5.41, 5.74) is 4.58. The zero-order chi connectivity index (χ0) is 24.3. The summed E-state index contributed by atoms with van der Waals surface area (Å²) in [4.78, 5) is 58.7. The first-order valence-electron chi connectivity index (χ1n) is 10.4. The summed E-state index contributed by atoms with van der Waals surface area (Å²) in [5.74, 6) is -0.612. The standard InChI is InChI=1S/C20H28N8O5/c1-12(2)9-28-16(21)15(18(30)24-20(28)32)27(6-5-7-33-4)14(29)10-26-11-22-17-13(19(26)31)8-23-25(17)3/h8,11-12H,5-7,9-10,21H2,1-4H3,(H,24,30,32). The van der Waals surface area contributed by atoms with Crippen LogP contribution in [0.5, 0.6) is 0 Å². The van der Waals surface area contributed by atoms with Gasteiger partial charge in [0.2, 0.25) is 5.91 Å². The van der Waals surface area contributed by atoms with E-state index in [0.717, 1.165) is 4.57 Å². The van der Waals surface area contributed by atoms with Crippen molar-refractivity contribution in [3.05, 3.63) is 43.7 Å². The molecule has 3 rings (SSSR count). The molecule has 0 aliphatic rings. The molecule has 0 aliphatic carbocycles. The fourth-order valence-corrected chi connectivity index (χ4v) is 3.52. The number of H-pyrrole nitrogens is 1. The molecule has 0 saturated heterocycles. The SMILES string of the molecule is COCCCN(C(=O)Cn1cnc2c(cnn2C)c1=O)c1c(N)n(CC(C)C)c(=O)[nH]c1=O. The summed E-state index contributed by atoms with van der Waals surface area (Å²) in [6, 6.07) is 0. The molecule has 13 heteroatoms. The summed E-state index contributed by atoms with van der Waals surface area (Å²) >= 11 is 0. The molecule has 3 aromatic heterocycles. The van der Waals surface area contributed by atoms with Gasteiger partial charge in [-0.25, -0.2) is 9.78 Å². The van der Waals surface area contributed by atoms with Crippen molar-refractivity contribution in [3.8, 4) is 0 Å². The van der Waals surface area contributed by atoms with Gasteiger partial charge in [-0.3, -0.25) is 33.2 Å². The number of methoxy groups -OCH3 is 1. The summed E-state index contributed by atoms with van der Waals surface area (Å²) < 4.78 is 8.90. The zero-order valence-electron chi connectivity index (χ0n) is 19.1. The topological polar surface area (TPSA) is 163 Å². The zero-order valence-corrected chi connectivity index (χ0v) is 19.1. The largest absolute Gasteiger partial charge is 0.385 e. The maximum atomic E-state index is 13.3. The fraction of sp³-hybridized carbons (Fsp3) is 0.500. The third kappa shape index (κ3) is 4.87. The maximum absolute atomic E-state index is 13.3. The van der Waals surface area contributed by atoms with Crippen LogP contribution < -0.4 is 27.4 Å². The van der Waals surface area contributed by atoms with Gasteiger partial charge in [0.25, 0.3) is 11.1 Å². The van der Waals surface area contributed by atoms with Crippen LogP contribution in [0, 0.1) is 5.92 Å². The van der Waals surface area contributed by atoms with Gasteiger partial charge in [0.1, 0.15) is 24.1 Å². The number of hydrogen-bond acceptors (Lipinski definition) is 8. The highest BCUT2D eigenvalue weighted by Crippen LogP contribution is 2.19. The van der Waals surface area contributed by atoms with Crippen LogP contribution in [0.3, 0.4) is 0 Å². The molecule has 0 aliphatic heterocycles. The minimum Gasteiger partial charge on any atom is -0.385 e. The van der Waals surface area contributed by atoms with Crippen LogP contribution >= 0.6 is 0 Å².